The highest BCUT2D eigenvalue weighted by Gasteiger charge is 2.10. The standard InChI is InChI=1S/C14H19NO4/c1-15(13(16)4-3-5-14(17)18)10-11-6-8-12(19-2)9-7-11/h6-9H,3-5,10H2,1-2H3,(H,17,18). The lowest BCUT2D eigenvalue weighted by atomic mass is 10.2. The van der Waals surface area contributed by atoms with Gasteiger partial charge in [-0.15, -0.1) is 0 Å². The van der Waals surface area contributed by atoms with E-state index in [0.717, 1.165) is 11.3 Å². The van der Waals surface area contributed by atoms with Gasteiger partial charge in [0.1, 0.15) is 5.75 Å². The van der Waals surface area contributed by atoms with Gasteiger partial charge in [-0.3, -0.25) is 9.59 Å². The zero-order chi connectivity index (χ0) is 14.3. The molecule has 5 heteroatoms. The Labute approximate surface area is 112 Å². The van der Waals surface area contributed by atoms with Crippen molar-refractivity contribution in [2.75, 3.05) is 14.2 Å². The van der Waals surface area contributed by atoms with Crippen LogP contribution in [0.5, 0.6) is 5.75 Å². The monoisotopic (exact) mass is 265 g/mol. The molecule has 0 aliphatic heterocycles. The van der Waals surface area contributed by atoms with Gasteiger partial charge in [-0.2, -0.15) is 0 Å². The lowest BCUT2D eigenvalue weighted by molar-refractivity contribution is -0.137. The minimum absolute atomic E-state index is 0.0299. The van der Waals surface area contributed by atoms with Crippen molar-refractivity contribution in [2.24, 2.45) is 0 Å². The highest BCUT2D eigenvalue weighted by molar-refractivity contribution is 5.76. The number of hydrogen-bond donors (Lipinski definition) is 1. The summed E-state index contributed by atoms with van der Waals surface area (Å²) in [5.41, 5.74) is 1.01. The summed E-state index contributed by atoms with van der Waals surface area (Å²) in [4.78, 5) is 23.7. The van der Waals surface area contributed by atoms with Crippen molar-refractivity contribution in [3.05, 3.63) is 29.8 Å². The van der Waals surface area contributed by atoms with Crippen LogP contribution >= 0.6 is 0 Å². The van der Waals surface area contributed by atoms with Crippen LogP contribution < -0.4 is 4.74 Å². The van der Waals surface area contributed by atoms with Crippen LogP contribution in [0.3, 0.4) is 0 Å². The molecule has 0 saturated heterocycles. The number of hydrogen-bond acceptors (Lipinski definition) is 3. The fourth-order valence-corrected chi connectivity index (χ4v) is 1.67. The zero-order valence-corrected chi connectivity index (χ0v) is 11.3. The van der Waals surface area contributed by atoms with E-state index in [1.165, 1.54) is 0 Å². The fourth-order valence-electron chi connectivity index (χ4n) is 1.67. The van der Waals surface area contributed by atoms with Crippen LogP contribution in [0.2, 0.25) is 0 Å². The number of benzene rings is 1. The fraction of sp³-hybridized carbons (Fsp3) is 0.429. The van der Waals surface area contributed by atoms with Gasteiger partial charge in [-0.05, 0) is 24.1 Å². The van der Waals surface area contributed by atoms with Crippen LogP contribution in [0.25, 0.3) is 0 Å². The number of methoxy groups -OCH3 is 1. The van der Waals surface area contributed by atoms with Gasteiger partial charge in [0.05, 0.1) is 7.11 Å². The minimum atomic E-state index is -0.870. The smallest absolute Gasteiger partial charge is 0.303 e. The topological polar surface area (TPSA) is 66.8 Å². The van der Waals surface area contributed by atoms with E-state index in [-0.39, 0.29) is 18.7 Å². The number of carbonyl (C=O) groups excluding carboxylic acids is 1. The molecule has 0 aromatic heterocycles. The molecule has 104 valence electrons. The summed E-state index contributed by atoms with van der Waals surface area (Å²) in [5, 5.41) is 8.51. The summed E-state index contributed by atoms with van der Waals surface area (Å²) in [7, 11) is 3.32. The Hall–Kier alpha value is -2.04. The molecule has 1 aromatic carbocycles. The first kappa shape index (κ1) is 15.0. The Morgan fingerprint density at radius 2 is 1.84 bits per heavy atom. The minimum Gasteiger partial charge on any atom is -0.497 e. The quantitative estimate of drug-likeness (QED) is 0.817. The van der Waals surface area contributed by atoms with E-state index in [1.54, 1.807) is 19.1 Å². The lowest BCUT2D eigenvalue weighted by Gasteiger charge is -2.17. The average molecular weight is 265 g/mol. The van der Waals surface area contributed by atoms with Gasteiger partial charge >= 0.3 is 5.97 Å². The molecule has 0 atom stereocenters. The van der Waals surface area contributed by atoms with Crippen molar-refractivity contribution in [1.82, 2.24) is 4.90 Å². The average Bonchev–Trinajstić information content (AvgIpc) is 2.39. The first-order valence-corrected chi connectivity index (χ1v) is 6.11. The van der Waals surface area contributed by atoms with Gasteiger partial charge in [-0.1, -0.05) is 12.1 Å². The molecular formula is C14H19NO4. The molecule has 0 heterocycles. The predicted molar refractivity (Wildman–Crippen MR) is 71.0 cm³/mol. The SMILES string of the molecule is COc1ccc(CN(C)C(=O)CCCC(=O)O)cc1. The highest BCUT2D eigenvalue weighted by Crippen LogP contribution is 2.13. The first-order valence-electron chi connectivity index (χ1n) is 6.11. The molecule has 1 N–H and O–H groups in total. The molecule has 0 aliphatic rings. The molecule has 1 aromatic rings. The van der Waals surface area contributed by atoms with Gasteiger partial charge in [0, 0.05) is 26.4 Å². The lowest BCUT2D eigenvalue weighted by Crippen LogP contribution is -2.26. The van der Waals surface area contributed by atoms with Crippen molar-refractivity contribution in [2.45, 2.75) is 25.8 Å². The second-order valence-corrected chi connectivity index (χ2v) is 4.35. The molecule has 1 amide bonds. The van der Waals surface area contributed by atoms with Gasteiger partial charge in [0.2, 0.25) is 5.91 Å². The molecule has 0 aliphatic carbocycles. The maximum Gasteiger partial charge on any atom is 0.303 e. The normalized spacial score (nSPS) is 10.0. The number of carboxylic acid groups (broad SMARTS) is 1. The van der Waals surface area contributed by atoms with Crippen molar-refractivity contribution in [3.63, 3.8) is 0 Å². The van der Waals surface area contributed by atoms with Crippen LogP contribution in [0.15, 0.2) is 24.3 Å². The van der Waals surface area contributed by atoms with Crippen LogP contribution in [0, 0.1) is 0 Å². The number of aliphatic carboxylic acids is 1. The molecule has 0 fully saturated rings. The number of amides is 1. The molecule has 0 spiro atoms. The van der Waals surface area contributed by atoms with E-state index in [2.05, 4.69) is 0 Å². The van der Waals surface area contributed by atoms with Gasteiger partial charge in [-0.25, -0.2) is 0 Å². The first-order chi connectivity index (χ1) is 9.02. The third-order valence-corrected chi connectivity index (χ3v) is 2.79. The van der Waals surface area contributed by atoms with E-state index >= 15 is 0 Å². The molecule has 1 rings (SSSR count). The molecule has 19 heavy (non-hydrogen) atoms. The molecule has 0 saturated carbocycles. The Kier molecular flexibility index (Phi) is 5.85. The van der Waals surface area contributed by atoms with Crippen LogP contribution in [0.1, 0.15) is 24.8 Å². The number of rotatable bonds is 7. The highest BCUT2D eigenvalue weighted by atomic mass is 16.5. The number of nitrogens with zero attached hydrogens (tertiary/aromatic N) is 1. The van der Waals surface area contributed by atoms with E-state index in [1.807, 2.05) is 24.3 Å². The molecule has 0 unspecified atom stereocenters. The summed E-state index contributed by atoms with van der Waals surface area (Å²) in [6.45, 7) is 0.510. The summed E-state index contributed by atoms with van der Waals surface area (Å²) in [6, 6.07) is 7.50. The van der Waals surface area contributed by atoms with E-state index in [9.17, 15) is 9.59 Å². The Bertz CT molecular complexity index is 428. The van der Waals surface area contributed by atoms with Crippen molar-refractivity contribution in [1.29, 1.82) is 0 Å². The second kappa shape index (κ2) is 7.41. The van der Waals surface area contributed by atoms with E-state index in [0.29, 0.717) is 13.0 Å². The van der Waals surface area contributed by atoms with Crippen molar-refractivity contribution < 1.29 is 19.4 Å². The van der Waals surface area contributed by atoms with Crippen LogP contribution in [-0.2, 0) is 16.1 Å². The van der Waals surface area contributed by atoms with Crippen molar-refractivity contribution >= 4 is 11.9 Å². The number of ether oxygens (including phenoxy) is 1. The molecule has 0 radical (unpaired) electrons. The van der Waals surface area contributed by atoms with E-state index in [4.69, 9.17) is 9.84 Å². The third kappa shape index (κ3) is 5.42. The Morgan fingerprint density at radius 1 is 1.21 bits per heavy atom. The Morgan fingerprint density at radius 3 is 2.37 bits per heavy atom. The van der Waals surface area contributed by atoms with Gasteiger partial charge < -0.3 is 14.7 Å². The molecule has 0 bridgehead atoms. The van der Waals surface area contributed by atoms with Gasteiger partial charge in [0.25, 0.3) is 0 Å². The van der Waals surface area contributed by atoms with E-state index < -0.39 is 5.97 Å². The van der Waals surface area contributed by atoms with Gasteiger partial charge in [0.15, 0.2) is 0 Å². The third-order valence-electron chi connectivity index (χ3n) is 2.79. The number of carbonyl (C=O) groups is 2. The van der Waals surface area contributed by atoms with Crippen LogP contribution in [0.4, 0.5) is 0 Å². The predicted octanol–water partition coefficient (Wildman–Crippen LogP) is 1.91. The zero-order valence-electron chi connectivity index (χ0n) is 11.3. The van der Waals surface area contributed by atoms with Crippen LogP contribution in [-0.4, -0.2) is 36.0 Å². The van der Waals surface area contributed by atoms with Crippen molar-refractivity contribution in [3.8, 4) is 5.75 Å². The summed E-state index contributed by atoms with van der Waals surface area (Å²) >= 11 is 0. The maximum atomic E-state index is 11.8. The molecule has 5 nitrogen and oxygen atoms in total. The largest absolute Gasteiger partial charge is 0.497 e. The second-order valence-electron chi connectivity index (χ2n) is 4.35. The molecular weight excluding hydrogens is 246 g/mol. The summed E-state index contributed by atoms with van der Waals surface area (Å²) in [6.07, 6.45) is 0.669. The Balaban J connectivity index is 2.42. The summed E-state index contributed by atoms with van der Waals surface area (Å²) in [5.74, 6) is -0.137. The number of carboxylic acids is 1. The maximum absolute atomic E-state index is 11.8. The summed E-state index contributed by atoms with van der Waals surface area (Å²) < 4.78 is 5.06.